The molecule has 1 aliphatic rings. The molecule has 0 bridgehead atoms. The van der Waals surface area contributed by atoms with Crippen LogP contribution in [0.25, 0.3) is 0 Å². The molecule has 1 aliphatic carbocycles. The molecule has 0 radical (unpaired) electrons. The second-order valence-corrected chi connectivity index (χ2v) is 6.93. The standard InChI is InChI=1S/C15H28N2O3/c1-14(2,3)12(16)13(19)17-15(10-11(18)20-4)8-6-5-7-9-15/h12H,5-10,16H2,1-4H3,(H,17,19). The van der Waals surface area contributed by atoms with E-state index in [-0.39, 0.29) is 23.7 Å². The molecule has 116 valence electrons. The van der Waals surface area contributed by atoms with Crippen molar-refractivity contribution in [2.24, 2.45) is 11.1 Å². The largest absolute Gasteiger partial charge is 0.469 e. The molecular weight excluding hydrogens is 256 g/mol. The van der Waals surface area contributed by atoms with E-state index in [0.29, 0.717) is 0 Å². The molecule has 0 aromatic heterocycles. The van der Waals surface area contributed by atoms with Crippen LogP contribution >= 0.6 is 0 Å². The highest BCUT2D eigenvalue weighted by atomic mass is 16.5. The number of hydrogen-bond acceptors (Lipinski definition) is 4. The summed E-state index contributed by atoms with van der Waals surface area (Å²) in [6.07, 6.45) is 5.02. The maximum Gasteiger partial charge on any atom is 0.307 e. The fourth-order valence-electron chi connectivity index (χ4n) is 2.66. The third-order valence-corrected chi connectivity index (χ3v) is 4.12. The summed E-state index contributed by atoms with van der Waals surface area (Å²) in [6.45, 7) is 5.81. The molecule has 0 heterocycles. The SMILES string of the molecule is COC(=O)CC1(NC(=O)C(N)C(C)(C)C)CCCCC1. The summed E-state index contributed by atoms with van der Waals surface area (Å²) in [6, 6.07) is -0.584. The quantitative estimate of drug-likeness (QED) is 0.770. The van der Waals surface area contributed by atoms with E-state index < -0.39 is 11.6 Å². The normalized spacial score (nSPS) is 20.1. The van der Waals surface area contributed by atoms with Crippen LogP contribution in [-0.2, 0) is 14.3 Å². The number of carbonyl (C=O) groups is 2. The minimum absolute atomic E-state index is 0.177. The van der Waals surface area contributed by atoms with Crippen molar-refractivity contribution in [3.8, 4) is 0 Å². The Kier molecular flexibility index (Phi) is 5.57. The lowest BCUT2D eigenvalue weighted by Crippen LogP contribution is -2.58. The summed E-state index contributed by atoms with van der Waals surface area (Å²) in [5.74, 6) is -0.458. The Morgan fingerprint density at radius 2 is 1.80 bits per heavy atom. The molecule has 0 spiro atoms. The van der Waals surface area contributed by atoms with E-state index in [4.69, 9.17) is 10.5 Å². The molecule has 0 aromatic rings. The van der Waals surface area contributed by atoms with Gasteiger partial charge in [0.2, 0.25) is 5.91 Å². The van der Waals surface area contributed by atoms with Crippen LogP contribution in [0.1, 0.15) is 59.3 Å². The van der Waals surface area contributed by atoms with Gasteiger partial charge in [0.05, 0.1) is 25.1 Å². The van der Waals surface area contributed by atoms with E-state index in [1.807, 2.05) is 20.8 Å². The zero-order valence-corrected chi connectivity index (χ0v) is 13.1. The number of nitrogens with two attached hydrogens (primary N) is 1. The minimum Gasteiger partial charge on any atom is -0.469 e. The number of nitrogens with one attached hydrogen (secondary N) is 1. The van der Waals surface area contributed by atoms with Gasteiger partial charge < -0.3 is 15.8 Å². The Morgan fingerprint density at radius 3 is 2.25 bits per heavy atom. The zero-order chi connectivity index (χ0) is 15.4. The van der Waals surface area contributed by atoms with Crippen LogP contribution in [0.2, 0.25) is 0 Å². The summed E-state index contributed by atoms with van der Waals surface area (Å²) in [5.41, 5.74) is 5.22. The third-order valence-electron chi connectivity index (χ3n) is 4.12. The summed E-state index contributed by atoms with van der Waals surface area (Å²) < 4.78 is 4.77. The summed E-state index contributed by atoms with van der Waals surface area (Å²) in [5, 5.41) is 3.04. The van der Waals surface area contributed by atoms with Crippen molar-refractivity contribution in [3.63, 3.8) is 0 Å². The Bertz CT molecular complexity index is 355. The molecule has 5 nitrogen and oxygen atoms in total. The van der Waals surface area contributed by atoms with Gasteiger partial charge in [0, 0.05) is 0 Å². The maximum atomic E-state index is 12.3. The molecule has 1 saturated carbocycles. The van der Waals surface area contributed by atoms with Crippen molar-refractivity contribution < 1.29 is 14.3 Å². The first-order chi connectivity index (χ1) is 9.20. The third kappa shape index (κ3) is 4.47. The number of hydrogen-bond donors (Lipinski definition) is 2. The average molecular weight is 284 g/mol. The van der Waals surface area contributed by atoms with Gasteiger partial charge in [-0.05, 0) is 18.3 Å². The lowest BCUT2D eigenvalue weighted by Gasteiger charge is -2.39. The van der Waals surface area contributed by atoms with Gasteiger partial charge in [-0.2, -0.15) is 0 Å². The smallest absolute Gasteiger partial charge is 0.307 e. The Balaban J connectivity index is 2.79. The first-order valence-corrected chi connectivity index (χ1v) is 7.35. The highest BCUT2D eigenvalue weighted by Crippen LogP contribution is 2.32. The number of carbonyl (C=O) groups excluding carboxylic acids is 2. The molecule has 20 heavy (non-hydrogen) atoms. The van der Waals surface area contributed by atoms with Crippen LogP contribution in [0, 0.1) is 5.41 Å². The Hall–Kier alpha value is -1.10. The Morgan fingerprint density at radius 1 is 1.25 bits per heavy atom. The molecule has 1 unspecified atom stereocenters. The lowest BCUT2D eigenvalue weighted by molar-refractivity contribution is -0.143. The summed E-state index contributed by atoms with van der Waals surface area (Å²) >= 11 is 0. The van der Waals surface area contributed by atoms with Crippen LogP contribution in [0.3, 0.4) is 0 Å². The highest BCUT2D eigenvalue weighted by Gasteiger charge is 2.39. The molecule has 1 rings (SSSR count). The van der Waals surface area contributed by atoms with Crippen LogP contribution in [0.5, 0.6) is 0 Å². The molecule has 1 atom stereocenters. The molecular formula is C15H28N2O3. The van der Waals surface area contributed by atoms with E-state index in [1.54, 1.807) is 0 Å². The number of amides is 1. The molecule has 1 fully saturated rings. The molecule has 0 aromatic carbocycles. The molecule has 0 saturated heterocycles. The predicted octanol–water partition coefficient (Wildman–Crippen LogP) is 1.74. The summed E-state index contributed by atoms with van der Waals surface area (Å²) in [7, 11) is 1.38. The second-order valence-electron chi connectivity index (χ2n) is 6.93. The van der Waals surface area contributed by atoms with Gasteiger partial charge >= 0.3 is 5.97 Å². The van der Waals surface area contributed by atoms with Crippen LogP contribution in [0.4, 0.5) is 0 Å². The summed E-state index contributed by atoms with van der Waals surface area (Å²) in [4.78, 5) is 24.0. The monoisotopic (exact) mass is 284 g/mol. The van der Waals surface area contributed by atoms with Crippen LogP contribution in [0.15, 0.2) is 0 Å². The van der Waals surface area contributed by atoms with Crippen molar-refractivity contribution in [3.05, 3.63) is 0 Å². The van der Waals surface area contributed by atoms with Crippen molar-refractivity contribution in [2.75, 3.05) is 7.11 Å². The fourth-order valence-corrected chi connectivity index (χ4v) is 2.66. The lowest BCUT2D eigenvalue weighted by atomic mass is 9.78. The van der Waals surface area contributed by atoms with Crippen LogP contribution < -0.4 is 11.1 Å². The number of rotatable bonds is 4. The van der Waals surface area contributed by atoms with Gasteiger partial charge in [-0.25, -0.2) is 0 Å². The van der Waals surface area contributed by atoms with Crippen molar-refractivity contribution in [2.45, 2.75) is 70.9 Å². The molecule has 1 amide bonds. The number of ether oxygens (including phenoxy) is 1. The number of methoxy groups -OCH3 is 1. The van der Waals surface area contributed by atoms with Crippen molar-refractivity contribution >= 4 is 11.9 Å². The highest BCUT2D eigenvalue weighted by molar-refractivity contribution is 5.84. The Labute approximate surface area is 121 Å². The van der Waals surface area contributed by atoms with Gasteiger partial charge in [0.25, 0.3) is 0 Å². The van der Waals surface area contributed by atoms with E-state index in [1.165, 1.54) is 7.11 Å². The minimum atomic E-state index is -0.584. The van der Waals surface area contributed by atoms with Crippen molar-refractivity contribution in [1.29, 1.82) is 0 Å². The number of esters is 1. The van der Waals surface area contributed by atoms with Gasteiger partial charge in [0.1, 0.15) is 0 Å². The molecule has 3 N–H and O–H groups in total. The van der Waals surface area contributed by atoms with E-state index in [2.05, 4.69) is 5.32 Å². The molecule has 5 heteroatoms. The average Bonchev–Trinajstić information content (AvgIpc) is 2.37. The first kappa shape index (κ1) is 17.0. The van der Waals surface area contributed by atoms with Gasteiger partial charge in [0.15, 0.2) is 0 Å². The van der Waals surface area contributed by atoms with Gasteiger partial charge in [-0.3, -0.25) is 9.59 Å². The first-order valence-electron chi connectivity index (χ1n) is 7.35. The maximum absolute atomic E-state index is 12.3. The van der Waals surface area contributed by atoms with E-state index in [9.17, 15) is 9.59 Å². The predicted molar refractivity (Wildman–Crippen MR) is 78.0 cm³/mol. The second kappa shape index (κ2) is 6.57. The fraction of sp³-hybridized carbons (Fsp3) is 0.867. The molecule has 0 aliphatic heterocycles. The van der Waals surface area contributed by atoms with Crippen molar-refractivity contribution in [1.82, 2.24) is 5.32 Å². The van der Waals surface area contributed by atoms with Crippen LogP contribution in [-0.4, -0.2) is 30.6 Å². The van der Waals surface area contributed by atoms with E-state index >= 15 is 0 Å². The van der Waals surface area contributed by atoms with Gasteiger partial charge in [-0.15, -0.1) is 0 Å². The topological polar surface area (TPSA) is 81.4 Å². The zero-order valence-electron chi connectivity index (χ0n) is 13.1. The van der Waals surface area contributed by atoms with Gasteiger partial charge in [-0.1, -0.05) is 40.0 Å². The van der Waals surface area contributed by atoms with E-state index in [0.717, 1.165) is 32.1 Å².